The average molecular weight is 459 g/mol. The predicted octanol–water partition coefficient (Wildman–Crippen LogP) is 3.80. The zero-order valence-electron chi connectivity index (χ0n) is 17.9. The highest BCUT2D eigenvalue weighted by molar-refractivity contribution is 6.30. The van der Waals surface area contributed by atoms with Crippen LogP contribution in [0.15, 0.2) is 53.7 Å². The molecule has 32 heavy (non-hydrogen) atoms. The van der Waals surface area contributed by atoms with Crippen LogP contribution in [0.25, 0.3) is 0 Å². The molecule has 9 heteroatoms. The van der Waals surface area contributed by atoms with Crippen molar-refractivity contribution in [2.75, 3.05) is 20.3 Å². The molecule has 0 fully saturated rings. The molecule has 1 atom stereocenters. The third kappa shape index (κ3) is 5.20. The SMILES string of the molecule is CCOC(=O)C1=C(COc2ccc(C(C)=O)cc2OC)NC(=O)NC1c1ccc(Cl)cc1. The molecular weight excluding hydrogens is 436 g/mol. The molecule has 0 saturated carbocycles. The van der Waals surface area contributed by atoms with Crippen LogP contribution in [0.3, 0.4) is 0 Å². The number of esters is 1. The van der Waals surface area contributed by atoms with E-state index in [1.165, 1.54) is 14.0 Å². The van der Waals surface area contributed by atoms with Crippen molar-refractivity contribution in [2.24, 2.45) is 0 Å². The number of methoxy groups -OCH3 is 1. The van der Waals surface area contributed by atoms with Gasteiger partial charge in [0.2, 0.25) is 0 Å². The summed E-state index contributed by atoms with van der Waals surface area (Å²) in [5.41, 5.74) is 1.60. The predicted molar refractivity (Wildman–Crippen MR) is 118 cm³/mol. The van der Waals surface area contributed by atoms with Gasteiger partial charge in [-0.1, -0.05) is 23.7 Å². The quantitative estimate of drug-likeness (QED) is 0.460. The van der Waals surface area contributed by atoms with Crippen LogP contribution in [-0.4, -0.2) is 38.1 Å². The smallest absolute Gasteiger partial charge is 0.338 e. The van der Waals surface area contributed by atoms with E-state index in [4.69, 9.17) is 25.8 Å². The molecule has 0 bridgehead atoms. The van der Waals surface area contributed by atoms with Crippen LogP contribution in [0, 0.1) is 0 Å². The maximum atomic E-state index is 12.8. The summed E-state index contributed by atoms with van der Waals surface area (Å²) in [6, 6.07) is 10.3. The second kappa shape index (κ2) is 10.2. The molecule has 1 heterocycles. The van der Waals surface area contributed by atoms with Gasteiger partial charge in [0.25, 0.3) is 0 Å². The van der Waals surface area contributed by atoms with Crippen LogP contribution in [0.1, 0.15) is 35.8 Å². The van der Waals surface area contributed by atoms with Crippen LogP contribution in [0.5, 0.6) is 11.5 Å². The number of ether oxygens (including phenoxy) is 3. The number of amides is 2. The number of rotatable bonds is 8. The van der Waals surface area contributed by atoms with Gasteiger partial charge in [-0.3, -0.25) is 4.79 Å². The number of ketones is 1. The summed E-state index contributed by atoms with van der Waals surface area (Å²) in [7, 11) is 1.46. The van der Waals surface area contributed by atoms with E-state index < -0.39 is 18.0 Å². The summed E-state index contributed by atoms with van der Waals surface area (Å²) in [5, 5.41) is 5.91. The lowest BCUT2D eigenvalue weighted by Crippen LogP contribution is -2.47. The van der Waals surface area contributed by atoms with Gasteiger partial charge in [-0.05, 0) is 49.7 Å². The maximum absolute atomic E-state index is 12.8. The first-order chi connectivity index (χ1) is 15.3. The summed E-state index contributed by atoms with van der Waals surface area (Å²) in [6.45, 7) is 3.18. The standard InChI is InChI=1S/C23H23ClN2O6/c1-4-31-22(28)20-17(12-32-18-10-7-15(13(2)27)11-19(18)30-3)25-23(29)26-21(20)14-5-8-16(24)9-6-14/h5-11,21H,4,12H2,1-3H3,(H2,25,26,29). The van der Waals surface area contributed by atoms with Gasteiger partial charge in [0, 0.05) is 10.6 Å². The van der Waals surface area contributed by atoms with Crippen molar-refractivity contribution >= 4 is 29.4 Å². The fourth-order valence-electron chi connectivity index (χ4n) is 3.24. The second-order valence-electron chi connectivity index (χ2n) is 6.91. The molecule has 0 spiro atoms. The fourth-order valence-corrected chi connectivity index (χ4v) is 3.37. The Bertz CT molecular complexity index is 1060. The van der Waals surface area contributed by atoms with E-state index in [0.29, 0.717) is 27.6 Å². The highest BCUT2D eigenvalue weighted by Crippen LogP contribution is 2.31. The molecule has 8 nitrogen and oxygen atoms in total. The summed E-state index contributed by atoms with van der Waals surface area (Å²) >= 11 is 5.98. The van der Waals surface area contributed by atoms with Gasteiger partial charge in [-0.2, -0.15) is 0 Å². The van der Waals surface area contributed by atoms with Gasteiger partial charge in [-0.25, -0.2) is 9.59 Å². The summed E-state index contributed by atoms with van der Waals surface area (Å²) in [5.74, 6) is 0.00514. The minimum absolute atomic E-state index is 0.112. The first-order valence-electron chi connectivity index (χ1n) is 9.89. The average Bonchev–Trinajstić information content (AvgIpc) is 2.77. The molecule has 0 saturated heterocycles. The van der Waals surface area contributed by atoms with E-state index in [1.54, 1.807) is 49.4 Å². The number of Topliss-reactive ketones (excluding diaryl/α,β-unsaturated/α-hetero) is 1. The Labute approximate surface area is 190 Å². The van der Waals surface area contributed by atoms with Crippen molar-refractivity contribution in [2.45, 2.75) is 19.9 Å². The highest BCUT2D eigenvalue weighted by atomic mass is 35.5. The topological polar surface area (TPSA) is 103 Å². The van der Waals surface area contributed by atoms with Crippen LogP contribution in [0.2, 0.25) is 5.02 Å². The zero-order valence-corrected chi connectivity index (χ0v) is 18.6. The van der Waals surface area contributed by atoms with Gasteiger partial charge in [0.05, 0.1) is 31.0 Å². The third-order valence-corrected chi connectivity index (χ3v) is 5.05. The Hall–Kier alpha value is -3.52. The Morgan fingerprint density at radius 1 is 1.09 bits per heavy atom. The number of hydrogen-bond donors (Lipinski definition) is 2. The molecule has 1 aliphatic heterocycles. The molecule has 2 aromatic carbocycles. The van der Waals surface area contributed by atoms with Crippen molar-refractivity contribution in [3.05, 3.63) is 69.9 Å². The number of urea groups is 1. The number of carbonyl (C=O) groups excluding carboxylic acids is 3. The number of hydrogen-bond acceptors (Lipinski definition) is 6. The maximum Gasteiger partial charge on any atom is 0.338 e. The lowest BCUT2D eigenvalue weighted by atomic mass is 9.95. The molecule has 168 valence electrons. The van der Waals surface area contributed by atoms with Crippen LogP contribution < -0.4 is 20.1 Å². The molecule has 0 radical (unpaired) electrons. The van der Waals surface area contributed by atoms with Crippen molar-refractivity contribution in [3.63, 3.8) is 0 Å². The summed E-state index contributed by atoms with van der Waals surface area (Å²) in [4.78, 5) is 36.8. The number of nitrogens with one attached hydrogen (secondary N) is 2. The second-order valence-corrected chi connectivity index (χ2v) is 7.34. The van der Waals surface area contributed by atoms with Crippen LogP contribution >= 0.6 is 11.6 Å². The Morgan fingerprint density at radius 2 is 1.81 bits per heavy atom. The van der Waals surface area contributed by atoms with Gasteiger partial charge in [-0.15, -0.1) is 0 Å². The number of benzene rings is 2. The van der Waals surface area contributed by atoms with E-state index in [-0.39, 0.29) is 30.3 Å². The lowest BCUT2D eigenvalue weighted by Gasteiger charge is -2.29. The normalized spacial score (nSPS) is 15.5. The van der Waals surface area contributed by atoms with Gasteiger partial charge in [0.15, 0.2) is 17.3 Å². The van der Waals surface area contributed by atoms with Crippen LogP contribution in [0.4, 0.5) is 4.79 Å². The molecule has 0 aromatic heterocycles. The summed E-state index contributed by atoms with van der Waals surface area (Å²) in [6.07, 6.45) is 0. The number of halogens is 1. The Kier molecular flexibility index (Phi) is 7.37. The highest BCUT2D eigenvalue weighted by Gasteiger charge is 2.34. The van der Waals surface area contributed by atoms with E-state index in [2.05, 4.69) is 10.6 Å². The monoisotopic (exact) mass is 458 g/mol. The zero-order chi connectivity index (χ0) is 23.3. The van der Waals surface area contributed by atoms with Crippen LogP contribution in [-0.2, 0) is 9.53 Å². The lowest BCUT2D eigenvalue weighted by molar-refractivity contribution is -0.139. The first-order valence-corrected chi connectivity index (χ1v) is 10.3. The molecule has 2 amide bonds. The van der Waals surface area contributed by atoms with Crippen molar-refractivity contribution in [1.82, 2.24) is 10.6 Å². The Balaban J connectivity index is 1.97. The molecule has 3 rings (SSSR count). The molecule has 1 unspecified atom stereocenters. The third-order valence-electron chi connectivity index (χ3n) is 4.79. The van der Waals surface area contributed by atoms with Gasteiger partial charge >= 0.3 is 12.0 Å². The van der Waals surface area contributed by atoms with Crippen molar-refractivity contribution in [1.29, 1.82) is 0 Å². The molecule has 2 aromatic rings. The molecule has 1 aliphatic rings. The molecular formula is C23H23ClN2O6. The minimum Gasteiger partial charge on any atom is -0.493 e. The summed E-state index contributed by atoms with van der Waals surface area (Å²) < 4.78 is 16.4. The molecule has 2 N–H and O–H groups in total. The first kappa shape index (κ1) is 23.1. The van der Waals surface area contributed by atoms with Gasteiger partial charge < -0.3 is 24.8 Å². The number of carbonyl (C=O) groups is 3. The fraction of sp³-hybridized carbons (Fsp3) is 0.261. The van der Waals surface area contributed by atoms with E-state index in [1.807, 2.05) is 0 Å². The minimum atomic E-state index is -0.749. The van der Waals surface area contributed by atoms with Crippen molar-refractivity contribution < 1.29 is 28.6 Å². The van der Waals surface area contributed by atoms with E-state index in [9.17, 15) is 14.4 Å². The van der Waals surface area contributed by atoms with E-state index in [0.717, 1.165) is 0 Å². The molecule has 0 aliphatic carbocycles. The van der Waals surface area contributed by atoms with Crippen molar-refractivity contribution in [3.8, 4) is 11.5 Å². The largest absolute Gasteiger partial charge is 0.493 e. The Morgan fingerprint density at radius 3 is 2.44 bits per heavy atom. The van der Waals surface area contributed by atoms with E-state index >= 15 is 0 Å². The van der Waals surface area contributed by atoms with Gasteiger partial charge in [0.1, 0.15) is 6.61 Å².